The van der Waals surface area contributed by atoms with Crippen LogP contribution in [0.2, 0.25) is 5.15 Å². The summed E-state index contributed by atoms with van der Waals surface area (Å²) >= 11 is 8.65. The minimum atomic E-state index is -4.44. The second kappa shape index (κ2) is 8.89. The maximum Gasteiger partial charge on any atom is 0.416 e. The summed E-state index contributed by atoms with van der Waals surface area (Å²) in [7, 11) is 0. The van der Waals surface area contributed by atoms with Gasteiger partial charge in [-0.2, -0.15) is 13.2 Å². The van der Waals surface area contributed by atoms with Crippen LogP contribution in [0.5, 0.6) is 0 Å². The van der Waals surface area contributed by atoms with Gasteiger partial charge in [-0.25, -0.2) is 9.97 Å². The van der Waals surface area contributed by atoms with Crippen molar-refractivity contribution in [1.82, 2.24) is 25.1 Å². The topological polar surface area (TPSA) is 67.3 Å². The molecule has 0 aliphatic rings. The average Bonchev–Trinajstić information content (AvgIpc) is 3.16. The van der Waals surface area contributed by atoms with Gasteiger partial charge in [0, 0.05) is 16.5 Å². The van der Waals surface area contributed by atoms with E-state index < -0.39 is 11.7 Å². The molecule has 2 aromatic heterocycles. The van der Waals surface area contributed by atoms with Crippen LogP contribution in [0.3, 0.4) is 0 Å². The van der Waals surface area contributed by atoms with Crippen molar-refractivity contribution < 1.29 is 13.2 Å². The molecule has 0 atom stereocenters. The van der Waals surface area contributed by atoms with Gasteiger partial charge >= 0.3 is 6.18 Å². The lowest BCUT2D eigenvalue weighted by Gasteiger charge is -2.09. The molecule has 11 heteroatoms. The van der Waals surface area contributed by atoms with Gasteiger partial charge in [-0.05, 0) is 66.3 Å². The molecule has 0 spiro atoms. The smallest absolute Gasteiger partial charge is 0.316 e. The molecule has 0 bridgehead atoms. The van der Waals surface area contributed by atoms with Crippen molar-refractivity contribution in [2.75, 3.05) is 0 Å². The van der Waals surface area contributed by atoms with Gasteiger partial charge in [0.15, 0.2) is 16.1 Å². The molecule has 0 radical (unpaired) electrons. The molecule has 4 rings (SSSR count). The highest BCUT2D eigenvalue weighted by Crippen LogP contribution is 2.34. The summed E-state index contributed by atoms with van der Waals surface area (Å²) in [6, 6.07) is 14.9. The summed E-state index contributed by atoms with van der Waals surface area (Å²) in [5, 5.41) is 9.64. The fourth-order valence-corrected chi connectivity index (χ4v) is 4.55. The van der Waals surface area contributed by atoms with Gasteiger partial charge in [0.1, 0.15) is 10.2 Å². The molecular formula is C20H13ClF3N5S2. The Morgan fingerprint density at radius 3 is 2.45 bits per heavy atom. The molecule has 5 nitrogen and oxygen atoms in total. The van der Waals surface area contributed by atoms with E-state index in [0.717, 1.165) is 28.8 Å². The zero-order chi connectivity index (χ0) is 22.0. The average molecular weight is 480 g/mol. The monoisotopic (exact) mass is 479 g/mol. The second-order valence-electron chi connectivity index (χ2n) is 6.39. The van der Waals surface area contributed by atoms with E-state index in [-0.39, 0.29) is 11.0 Å². The third-order valence-corrected chi connectivity index (χ3v) is 5.81. The van der Waals surface area contributed by atoms with Crippen LogP contribution >= 0.6 is 35.1 Å². The summed E-state index contributed by atoms with van der Waals surface area (Å²) in [4.78, 5) is 12.6. The molecule has 31 heavy (non-hydrogen) atoms. The highest BCUT2D eigenvalue weighted by Gasteiger charge is 2.31. The van der Waals surface area contributed by atoms with Gasteiger partial charge in [0.05, 0.1) is 5.56 Å². The number of nitrogens with one attached hydrogen (secondary N) is 1. The Morgan fingerprint density at radius 1 is 0.935 bits per heavy atom. The maximum atomic E-state index is 13.1. The summed E-state index contributed by atoms with van der Waals surface area (Å²) in [6.45, 7) is 1.60. The van der Waals surface area contributed by atoms with Crippen molar-refractivity contribution in [2.24, 2.45) is 0 Å². The summed E-state index contributed by atoms with van der Waals surface area (Å²) in [6.07, 6.45) is -4.44. The Hall–Kier alpha value is -2.56. The van der Waals surface area contributed by atoms with Crippen LogP contribution in [0.1, 0.15) is 11.1 Å². The first-order chi connectivity index (χ1) is 14.8. The van der Waals surface area contributed by atoms with E-state index >= 15 is 0 Å². The molecule has 0 aliphatic carbocycles. The zero-order valence-electron chi connectivity index (χ0n) is 15.8. The first-order valence-corrected chi connectivity index (χ1v) is 10.8. The lowest BCUT2D eigenvalue weighted by molar-refractivity contribution is -0.137. The van der Waals surface area contributed by atoms with Crippen molar-refractivity contribution in [1.29, 1.82) is 0 Å². The largest absolute Gasteiger partial charge is 0.416 e. The number of rotatable bonds is 5. The first kappa shape index (κ1) is 21.7. The predicted octanol–water partition coefficient (Wildman–Crippen LogP) is 6.54. The van der Waals surface area contributed by atoms with E-state index in [0.29, 0.717) is 26.5 Å². The highest BCUT2D eigenvalue weighted by atomic mass is 35.5. The highest BCUT2D eigenvalue weighted by molar-refractivity contribution is 7.99. The Labute approximate surface area is 188 Å². The minimum Gasteiger partial charge on any atom is -0.316 e. The third kappa shape index (κ3) is 5.57. The van der Waals surface area contributed by atoms with Crippen molar-refractivity contribution >= 4 is 35.1 Å². The van der Waals surface area contributed by atoms with E-state index in [9.17, 15) is 13.2 Å². The molecule has 0 fully saturated rings. The number of halogens is 4. The third-order valence-electron chi connectivity index (χ3n) is 3.95. The Bertz CT molecular complexity index is 1220. The number of nitrogens with zero attached hydrogens (tertiary/aromatic N) is 4. The number of benzene rings is 2. The van der Waals surface area contributed by atoms with Gasteiger partial charge in [-0.15, -0.1) is 10.2 Å². The SMILES string of the molecule is Cc1cc(-c2nnc(Sc3cc(Cl)nc(Sc4ccccc4)n3)[nH]2)cc(C(F)(F)F)c1. The Kier molecular flexibility index (Phi) is 6.22. The molecule has 0 amide bonds. The molecule has 0 unspecified atom stereocenters. The normalized spacial score (nSPS) is 11.6. The number of H-pyrrole nitrogens is 1. The molecule has 2 aromatic carbocycles. The molecule has 2 heterocycles. The molecule has 0 aliphatic heterocycles. The van der Waals surface area contributed by atoms with Crippen LogP contribution in [-0.4, -0.2) is 25.1 Å². The fraction of sp³-hybridized carbons (Fsp3) is 0.100. The number of alkyl halides is 3. The number of hydrogen-bond acceptors (Lipinski definition) is 6. The minimum absolute atomic E-state index is 0.232. The van der Waals surface area contributed by atoms with Crippen molar-refractivity contribution in [3.05, 3.63) is 70.9 Å². The van der Waals surface area contributed by atoms with Crippen molar-refractivity contribution in [3.8, 4) is 11.4 Å². The zero-order valence-corrected chi connectivity index (χ0v) is 18.2. The number of hydrogen-bond donors (Lipinski definition) is 1. The van der Waals surface area contributed by atoms with E-state index in [4.69, 9.17) is 11.6 Å². The fourth-order valence-electron chi connectivity index (χ4n) is 2.67. The Balaban J connectivity index is 1.57. The van der Waals surface area contributed by atoms with Gasteiger partial charge < -0.3 is 4.98 Å². The van der Waals surface area contributed by atoms with Crippen LogP contribution in [0.25, 0.3) is 11.4 Å². The van der Waals surface area contributed by atoms with Gasteiger partial charge in [0.2, 0.25) is 0 Å². The van der Waals surface area contributed by atoms with E-state index in [1.54, 1.807) is 19.1 Å². The second-order valence-corrected chi connectivity index (χ2v) is 8.83. The first-order valence-electron chi connectivity index (χ1n) is 8.83. The molecular weight excluding hydrogens is 467 g/mol. The van der Waals surface area contributed by atoms with Crippen LogP contribution in [0.4, 0.5) is 13.2 Å². The number of aromatic amines is 1. The summed E-state index contributed by atoms with van der Waals surface area (Å²) in [5.74, 6) is 0.232. The number of aryl methyl sites for hydroxylation is 1. The van der Waals surface area contributed by atoms with Gasteiger partial charge in [-0.1, -0.05) is 29.8 Å². The number of aromatic nitrogens is 5. The van der Waals surface area contributed by atoms with Crippen molar-refractivity contribution in [3.63, 3.8) is 0 Å². The maximum absolute atomic E-state index is 13.1. The van der Waals surface area contributed by atoms with Gasteiger partial charge in [0.25, 0.3) is 0 Å². The molecule has 4 aromatic rings. The standard InChI is InChI=1S/C20H13ClF3N5S2/c1-11-7-12(9-13(8-11)20(22,23)24)17-27-19(29-28-17)31-16-10-15(21)25-18(26-16)30-14-5-3-2-4-6-14/h2-10H,1H3,(H,27,28,29). The van der Waals surface area contributed by atoms with E-state index in [2.05, 4.69) is 25.1 Å². The van der Waals surface area contributed by atoms with Crippen LogP contribution in [0.15, 0.2) is 74.8 Å². The Morgan fingerprint density at radius 2 is 1.71 bits per heavy atom. The van der Waals surface area contributed by atoms with Crippen LogP contribution < -0.4 is 0 Å². The predicted molar refractivity (Wildman–Crippen MR) is 113 cm³/mol. The molecule has 1 N–H and O–H groups in total. The molecule has 158 valence electrons. The molecule has 0 saturated carbocycles. The quantitative estimate of drug-likeness (QED) is 0.259. The van der Waals surface area contributed by atoms with Crippen LogP contribution in [-0.2, 0) is 6.18 Å². The van der Waals surface area contributed by atoms with E-state index in [1.165, 1.54) is 11.8 Å². The summed E-state index contributed by atoms with van der Waals surface area (Å²) in [5.41, 5.74) is 0.0339. The molecule has 0 saturated heterocycles. The van der Waals surface area contributed by atoms with Gasteiger partial charge in [-0.3, -0.25) is 0 Å². The lowest BCUT2D eigenvalue weighted by Crippen LogP contribution is -2.05. The van der Waals surface area contributed by atoms with Crippen molar-refractivity contribution in [2.45, 2.75) is 33.3 Å². The van der Waals surface area contributed by atoms with E-state index in [1.807, 2.05) is 30.3 Å². The summed E-state index contributed by atoms with van der Waals surface area (Å²) < 4.78 is 39.3. The lowest BCUT2D eigenvalue weighted by atomic mass is 10.1. The van der Waals surface area contributed by atoms with Crippen LogP contribution in [0, 0.1) is 6.92 Å².